The minimum absolute atomic E-state index is 0.266. The predicted octanol–water partition coefficient (Wildman–Crippen LogP) is -0.714. The summed E-state index contributed by atoms with van der Waals surface area (Å²) in [7, 11) is 0. The molecule has 3 heterocycles. The topological polar surface area (TPSA) is 178 Å². The van der Waals surface area contributed by atoms with E-state index < -0.39 is 58.2 Å². The van der Waals surface area contributed by atoms with Gasteiger partial charge in [0.15, 0.2) is 12.0 Å². The lowest BCUT2D eigenvalue weighted by Crippen LogP contribution is -2.36. The lowest BCUT2D eigenvalue weighted by atomic mass is 10.1. The molecule has 1 amide bonds. The van der Waals surface area contributed by atoms with E-state index in [4.69, 9.17) is 14.2 Å². The number of anilines is 2. The molecule has 2 saturated heterocycles. The molecular formula is C14H19N5O8. The van der Waals surface area contributed by atoms with Crippen molar-refractivity contribution in [2.75, 3.05) is 17.2 Å². The quantitative estimate of drug-likeness (QED) is 0.373. The molecule has 4 unspecified atom stereocenters. The maximum atomic E-state index is 12.0. The number of carbonyl (C=O) groups is 1. The highest BCUT2D eigenvalue weighted by molar-refractivity contribution is 5.87. The van der Waals surface area contributed by atoms with Gasteiger partial charge in [0.05, 0.1) is 11.5 Å². The Morgan fingerprint density at radius 1 is 1.41 bits per heavy atom. The Labute approximate surface area is 152 Å². The van der Waals surface area contributed by atoms with Crippen molar-refractivity contribution in [3.05, 3.63) is 20.5 Å². The normalized spacial score (nSPS) is 28.6. The monoisotopic (exact) mass is 385 g/mol. The summed E-state index contributed by atoms with van der Waals surface area (Å²) in [6.07, 6.45) is -3.03. The third-order valence-corrected chi connectivity index (χ3v) is 3.98. The van der Waals surface area contributed by atoms with Crippen molar-refractivity contribution >= 4 is 23.4 Å². The number of hydrogen-bond donors (Lipinski definition) is 4. The molecule has 13 nitrogen and oxygen atoms in total. The zero-order chi connectivity index (χ0) is 19.9. The Morgan fingerprint density at radius 3 is 2.67 bits per heavy atom. The number of rotatable bonds is 5. The van der Waals surface area contributed by atoms with Crippen molar-refractivity contribution in [1.29, 1.82) is 0 Å². The standard InChI is InChI=1S/C14H19N5O8/c1-5(21)15-13-17-10(7(19(23)24)11(22)18-13)16-12-9-8(6(4-20)25-12)26-14(2,3)27-9/h6,8-9,12,20H,4H2,1-3H3,(H3,15,16,17,18,21,22). The van der Waals surface area contributed by atoms with E-state index in [-0.39, 0.29) is 12.6 Å². The number of H-pyrrole nitrogens is 1. The number of fused-ring (bicyclic) bond motifs is 1. The molecule has 1 aromatic rings. The number of nitrogens with one attached hydrogen (secondary N) is 3. The van der Waals surface area contributed by atoms with Gasteiger partial charge in [0, 0.05) is 6.92 Å². The molecule has 2 aliphatic heterocycles. The SMILES string of the molecule is CC(=O)Nc1nc(NC2OC(CO)C3OC(C)(C)OC23)c([N+](=O)[O-])c(=O)[nH]1. The molecule has 13 heteroatoms. The van der Waals surface area contributed by atoms with Gasteiger partial charge in [0.2, 0.25) is 17.7 Å². The van der Waals surface area contributed by atoms with Gasteiger partial charge in [0.1, 0.15) is 18.3 Å². The highest BCUT2D eigenvalue weighted by Crippen LogP contribution is 2.39. The summed E-state index contributed by atoms with van der Waals surface area (Å²) in [5, 5.41) is 25.7. The van der Waals surface area contributed by atoms with Crippen LogP contribution in [0.2, 0.25) is 0 Å². The van der Waals surface area contributed by atoms with Crippen LogP contribution in [0.25, 0.3) is 0 Å². The second kappa shape index (κ2) is 6.84. The minimum atomic E-state index is -1.06. The van der Waals surface area contributed by atoms with E-state index in [1.54, 1.807) is 13.8 Å². The fraction of sp³-hybridized carbons (Fsp3) is 0.643. The number of nitro groups is 1. The van der Waals surface area contributed by atoms with E-state index in [1.165, 1.54) is 6.92 Å². The number of nitrogens with zero attached hydrogens (tertiary/aromatic N) is 2. The molecule has 1 aromatic heterocycles. The zero-order valence-corrected chi connectivity index (χ0v) is 14.7. The number of aromatic amines is 1. The molecule has 4 N–H and O–H groups in total. The zero-order valence-electron chi connectivity index (χ0n) is 14.7. The van der Waals surface area contributed by atoms with E-state index in [0.29, 0.717) is 0 Å². The molecule has 3 rings (SSSR count). The summed E-state index contributed by atoms with van der Waals surface area (Å²) in [6, 6.07) is 0. The maximum absolute atomic E-state index is 12.0. The van der Waals surface area contributed by atoms with Crippen LogP contribution < -0.4 is 16.2 Å². The van der Waals surface area contributed by atoms with Gasteiger partial charge in [0.25, 0.3) is 0 Å². The predicted molar refractivity (Wildman–Crippen MR) is 89.0 cm³/mol. The summed E-state index contributed by atoms with van der Waals surface area (Å²) in [6.45, 7) is 4.19. The van der Waals surface area contributed by atoms with Gasteiger partial charge in [-0.25, -0.2) is 0 Å². The number of aliphatic hydroxyl groups is 1. The van der Waals surface area contributed by atoms with Crippen LogP contribution >= 0.6 is 0 Å². The first-order valence-corrected chi connectivity index (χ1v) is 8.06. The molecule has 4 atom stereocenters. The molecule has 148 valence electrons. The Morgan fingerprint density at radius 2 is 2.07 bits per heavy atom. The number of aliphatic hydroxyl groups excluding tert-OH is 1. The van der Waals surface area contributed by atoms with E-state index in [2.05, 4.69) is 20.6 Å². The smallest absolute Gasteiger partial charge is 0.375 e. The van der Waals surface area contributed by atoms with Crippen LogP contribution in [0.15, 0.2) is 4.79 Å². The van der Waals surface area contributed by atoms with Crippen molar-refractivity contribution in [1.82, 2.24) is 9.97 Å². The van der Waals surface area contributed by atoms with Gasteiger partial charge in [-0.15, -0.1) is 0 Å². The van der Waals surface area contributed by atoms with Gasteiger partial charge >= 0.3 is 11.2 Å². The Hall–Kier alpha value is -2.61. The number of carbonyl (C=O) groups excluding carboxylic acids is 1. The molecule has 0 spiro atoms. The highest BCUT2D eigenvalue weighted by atomic mass is 16.8. The molecule has 2 fully saturated rings. The summed E-state index contributed by atoms with van der Waals surface area (Å²) < 4.78 is 17.0. The van der Waals surface area contributed by atoms with Crippen molar-refractivity contribution in [2.45, 2.75) is 51.1 Å². The van der Waals surface area contributed by atoms with E-state index in [9.17, 15) is 24.8 Å². The van der Waals surface area contributed by atoms with Crippen molar-refractivity contribution in [3.8, 4) is 0 Å². The molecule has 0 radical (unpaired) electrons. The lowest BCUT2D eigenvalue weighted by Gasteiger charge is -2.24. The van der Waals surface area contributed by atoms with Gasteiger partial charge in [-0.05, 0) is 13.8 Å². The highest BCUT2D eigenvalue weighted by Gasteiger charge is 2.55. The van der Waals surface area contributed by atoms with Crippen molar-refractivity contribution in [2.24, 2.45) is 0 Å². The van der Waals surface area contributed by atoms with Crippen LogP contribution in [0, 0.1) is 10.1 Å². The van der Waals surface area contributed by atoms with Crippen LogP contribution in [0.3, 0.4) is 0 Å². The van der Waals surface area contributed by atoms with E-state index >= 15 is 0 Å². The van der Waals surface area contributed by atoms with Crippen molar-refractivity contribution in [3.63, 3.8) is 0 Å². The van der Waals surface area contributed by atoms with Crippen molar-refractivity contribution < 1.29 is 29.0 Å². The molecule has 0 saturated carbocycles. The average Bonchev–Trinajstić information content (AvgIpc) is 2.99. The molecular weight excluding hydrogens is 366 g/mol. The summed E-state index contributed by atoms with van der Waals surface area (Å²) in [5.41, 5.74) is -1.91. The van der Waals surface area contributed by atoms with Gasteiger partial charge in [-0.2, -0.15) is 4.98 Å². The summed E-state index contributed by atoms with van der Waals surface area (Å²) >= 11 is 0. The van der Waals surface area contributed by atoms with E-state index in [0.717, 1.165) is 0 Å². The van der Waals surface area contributed by atoms with Crippen LogP contribution in [-0.2, 0) is 19.0 Å². The fourth-order valence-electron chi connectivity index (χ4n) is 3.04. The number of ether oxygens (including phenoxy) is 3. The first-order chi connectivity index (χ1) is 12.6. The van der Waals surface area contributed by atoms with Crippen LogP contribution in [0.1, 0.15) is 20.8 Å². The van der Waals surface area contributed by atoms with Crippen LogP contribution in [0.4, 0.5) is 17.5 Å². The largest absolute Gasteiger partial charge is 0.394 e. The fourth-order valence-corrected chi connectivity index (χ4v) is 3.04. The lowest BCUT2D eigenvalue weighted by molar-refractivity contribution is -0.385. The molecule has 0 bridgehead atoms. The van der Waals surface area contributed by atoms with E-state index in [1.807, 2.05) is 0 Å². The number of aromatic nitrogens is 2. The number of hydrogen-bond acceptors (Lipinski definition) is 10. The third-order valence-electron chi connectivity index (χ3n) is 3.98. The molecule has 0 aromatic carbocycles. The number of amides is 1. The molecule has 0 aliphatic carbocycles. The maximum Gasteiger partial charge on any atom is 0.375 e. The second-order valence-corrected chi connectivity index (χ2v) is 6.54. The molecule has 27 heavy (non-hydrogen) atoms. The Bertz CT molecular complexity index is 824. The summed E-state index contributed by atoms with van der Waals surface area (Å²) in [4.78, 5) is 39.6. The van der Waals surface area contributed by atoms with Gasteiger partial charge in [-0.3, -0.25) is 30.0 Å². The first-order valence-electron chi connectivity index (χ1n) is 8.06. The summed E-state index contributed by atoms with van der Waals surface area (Å²) in [5.74, 6) is -2.15. The Kier molecular flexibility index (Phi) is 4.86. The van der Waals surface area contributed by atoms with Gasteiger partial charge < -0.3 is 24.6 Å². The average molecular weight is 385 g/mol. The minimum Gasteiger partial charge on any atom is -0.394 e. The third kappa shape index (κ3) is 3.75. The Balaban J connectivity index is 1.94. The second-order valence-electron chi connectivity index (χ2n) is 6.54. The van der Waals surface area contributed by atoms with Gasteiger partial charge in [-0.1, -0.05) is 0 Å². The van der Waals surface area contributed by atoms with Crippen LogP contribution in [0.5, 0.6) is 0 Å². The first kappa shape index (κ1) is 19.2. The van der Waals surface area contributed by atoms with Crippen LogP contribution in [-0.4, -0.2) is 62.8 Å². The molecule has 2 aliphatic rings.